The molecule has 0 radical (unpaired) electrons. The number of aliphatic hydroxyl groups is 1. The third kappa shape index (κ3) is 4.58. The zero-order valence-electron chi connectivity index (χ0n) is 15.0. The number of halogens is 1. The molecule has 1 N–H and O–H groups in total. The fourth-order valence-corrected chi connectivity index (χ4v) is 3.56. The van der Waals surface area contributed by atoms with E-state index in [1.807, 2.05) is 30.3 Å². The molecule has 1 atom stereocenters. The third-order valence-electron chi connectivity index (χ3n) is 4.80. The maximum Gasteiger partial charge on any atom is 0.231 e. The van der Waals surface area contributed by atoms with E-state index < -0.39 is 6.10 Å². The number of hydrogen-bond donors (Lipinski definition) is 1. The molecule has 1 fully saturated rings. The molecule has 6 nitrogen and oxygen atoms in total. The number of nitrogens with zero attached hydrogens (tertiary/aromatic N) is 2. The number of hydrogen-bond acceptors (Lipinski definition) is 6. The predicted octanol–water partition coefficient (Wildman–Crippen LogP) is 2.63. The summed E-state index contributed by atoms with van der Waals surface area (Å²) >= 11 is 6.08. The smallest absolute Gasteiger partial charge is 0.231 e. The first-order valence-electron chi connectivity index (χ1n) is 9.11. The number of fused-ring (bicyclic) bond motifs is 1. The van der Waals surface area contributed by atoms with Crippen LogP contribution in [0.4, 0.5) is 5.69 Å². The van der Waals surface area contributed by atoms with Gasteiger partial charge in [0, 0.05) is 49.5 Å². The summed E-state index contributed by atoms with van der Waals surface area (Å²) in [5.41, 5.74) is 1.15. The van der Waals surface area contributed by atoms with E-state index in [1.54, 1.807) is 6.07 Å². The van der Waals surface area contributed by atoms with Gasteiger partial charge in [0.2, 0.25) is 6.79 Å². The molecule has 0 unspecified atom stereocenters. The van der Waals surface area contributed by atoms with Gasteiger partial charge < -0.3 is 24.2 Å². The molecular weight excluding hydrogens is 368 g/mol. The van der Waals surface area contributed by atoms with Gasteiger partial charge in [-0.2, -0.15) is 0 Å². The zero-order chi connectivity index (χ0) is 18.6. The molecule has 1 saturated heterocycles. The highest BCUT2D eigenvalue weighted by atomic mass is 35.5. The van der Waals surface area contributed by atoms with Crippen LogP contribution in [0.15, 0.2) is 42.5 Å². The molecule has 2 aromatic carbocycles. The minimum atomic E-state index is -0.548. The van der Waals surface area contributed by atoms with E-state index in [0.717, 1.165) is 42.6 Å². The molecule has 0 aromatic heterocycles. The van der Waals surface area contributed by atoms with Crippen molar-refractivity contribution in [2.24, 2.45) is 0 Å². The van der Waals surface area contributed by atoms with Gasteiger partial charge >= 0.3 is 0 Å². The van der Waals surface area contributed by atoms with Crippen molar-refractivity contribution < 1.29 is 19.3 Å². The zero-order valence-corrected chi connectivity index (χ0v) is 15.8. The molecular formula is C20H23ClN2O4. The number of ether oxygens (including phenoxy) is 3. The van der Waals surface area contributed by atoms with E-state index in [4.69, 9.17) is 25.8 Å². The quantitative estimate of drug-likeness (QED) is 0.818. The molecule has 0 aliphatic carbocycles. The minimum Gasteiger partial charge on any atom is -0.491 e. The summed E-state index contributed by atoms with van der Waals surface area (Å²) < 4.78 is 16.3. The summed E-state index contributed by atoms with van der Waals surface area (Å²) in [5, 5.41) is 11.1. The Hall–Kier alpha value is -2.15. The second kappa shape index (κ2) is 8.25. The largest absolute Gasteiger partial charge is 0.491 e. The van der Waals surface area contributed by atoms with Gasteiger partial charge in [-0.15, -0.1) is 0 Å². The average molecular weight is 391 g/mol. The molecule has 2 aliphatic heterocycles. The molecule has 0 saturated carbocycles. The van der Waals surface area contributed by atoms with E-state index in [1.165, 1.54) is 0 Å². The monoisotopic (exact) mass is 390 g/mol. The third-order valence-corrected chi connectivity index (χ3v) is 5.04. The van der Waals surface area contributed by atoms with E-state index >= 15 is 0 Å². The second-order valence-corrected chi connectivity index (χ2v) is 7.18. The molecule has 0 bridgehead atoms. The summed E-state index contributed by atoms with van der Waals surface area (Å²) in [6.07, 6.45) is -0.548. The molecule has 4 rings (SSSR count). The lowest BCUT2D eigenvalue weighted by Gasteiger charge is -2.36. The van der Waals surface area contributed by atoms with Crippen molar-refractivity contribution in [2.45, 2.75) is 6.10 Å². The molecule has 2 aromatic rings. The number of rotatable bonds is 6. The van der Waals surface area contributed by atoms with Crippen molar-refractivity contribution in [2.75, 3.05) is 51.0 Å². The predicted molar refractivity (Wildman–Crippen MR) is 104 cm³/mol. The lowest BCUT2D eigenvalue weighted by atomic mass is 10.2. The fourth-order valence-electron chi connectivity index (χ4n) is 3.37. The first kappa shape index (κ1) is 18.2. The van der Waals surface area contributed by atoms with Crippen LogP contribution in [0.25, 0.3) is 0 Å². The van der Waals surface area contributed by atoms with Gasteiger partial charge in [0.25, 0.3) is 0 Å². The summed E-state index contributed by atoms with van der Waals surface area (Å²) in [6, 6.07) is 13.4. The van der Waals surface area contributed by atoms with Crippen LogP contribution >= 0.6 is 11.6 Å². The molecule has 2 aliphatic rings. The van der Waals surface area contributed by atoms with Crippen molar-refractivity contribution in [1.82, 2.24) is 4.90 Å². The number of anilines is 1. The highest BCUT2D eigenvalue weighted by molar-refractivity contribution is 6.30. The maximum atomic E-state index is 10.3. The molecule has 0 spiro atoms. The Kier molecular flexibility index (Phi) is 5.57. The molecule has 27 heavy (non-hydrogen) atoms. The molecule has 144 valence electrons. The van der Waals surface area contributed by atoms with Crippen LogP contribution < -0.4 is 19.1 Å². The van der Waals surface area contributed by atoms with E-state index in [0.29, 0.717) is 18.0 Å². The van der Waals surface area contributed by atoms with E-state index in [2.05, 4.69) is 15.9 Å². The van der Waals surface area contributed by atoms with Gasteiger partial charge in [-0.05, 0) is 30.3 Å². The van der Waals surface area contributed by atoms with E-state index in [9.17, 15) is 5.11 Å². The van der Waals surface area contributed by atoms with Gasteiger partial charge in [0.05, 0.1) is 0 Å². The number of piperazine rings is 1. The first-order chi connectivity index (χ1) is 13.2. The topological polar surface area (TPSA) is 54.4 Å². The average Bonchev–Trinajstić information content (AvgIpc) is 3.15. The van der Waals surface area contributed by atoms with Crippen molar-refractivity contribution in [3.63, 3.8) is 0 Å². The first-order valence-corrected chi connectivity index (χ1v) is 9.48. The molecule has 0 amide bonds. The minimum absolute atomic E-state index is 0.239. The molecule has 7 heteroatoms. The van der Waals surface area contributed by atoms with Crippen LogP contribution in [0, 0.1) is 0 Å². The van der Waals surface area contributed by atoms with Crippen LogP contribution in [0.1, 0.15) is 0 Å². The van der Waals surface area contributed by atoms with Crippen LogP contribution in [0.3, 0.4) is 0 Å². The Balaban J connectivity index is 1.22. The number of β-amino-alcohol motifs (C(OH)–C–C–N with tert-alkyl or cyclic N) is 1. The van der Waals surface area contributed by atoms with Gasteiger partial charge in [0.15, 0.2) is 11.5 Å². The fraction of sp³-hybridized carbons (Fsp3) is 0.400. The Morgan fingerprint density at radius 3 is 2.67 bits per heavy atom. The number of benzene rings is 2. The lowest BCUT2D eigenvalue weighted by Crippen LogP contribution is -2.49. The summed E-state index contributed by atoms with van der Waals surface area (Å²) in [7, 11) is 0. The summed E-state index contributed by atoms with van der Waals surface area (Å²) in [5.74, 6) is 2.07. The standard InChI is InChI=1S/C20H23ClN2O4/c21-15-2-1-3-16(10-15)23-8-6-22(7-9-23)12-17(24)13-25-18-4-5-19-20(11-18)27-14-26-19/h1-5,10-11,17,24H,6-9,12-14H2/t17-/m1/s1. The Bertz CT molecular complexity index is 780. The maximum absolute atomic E-state index is 10.3. The van der Waals surface area contributed by atoms with Gasteiger partial charge in [-0.3, -0.25) is 4.90 Å². The van der Waals surface area contributed by atoms with Gasteiger partial charge in [-0.1, -0.05) is 17.7 Å². The Morgan fingerprint density at radius 2 is 1.85 bits per heavy atom. The van der Waals surface area contributed by atoms with Crippen molar-refractivity contribution >= 4 is 17.3 Å². The van der Waals surface area contributed by atoms with Crippen LogP contribution in [-0.2, 0) is 0 Å². The van der Waals surface area contributed by atoms with Crippen molar-refractivity contribution in [1.29, 1.82) is 0 Å². The SMILES string of the molecule is O[C@@H](COc1ccc2c(c1)OCO2)CN1CCN(c2cccc(Cl)c2)CC1. The van der Waals surface area contributed by atoms with Gasteiger partial charge in [0.1, 0.15) is 18.5 Å². The van der Waals surface area contributed by atoms with E-state index in [-0.39, 0.29) is 13.4 Å². The molecule has 2 heterocycles. The number of aliphatic hydroxyl groups excluding tert-OH is 1. The van der Waals surface area contributed by atoms with Crippen LogP contribution in [0.5, 0.6) is 17.2 Å². The summed E-state index contributed by atoms with van der Waals surface area (Å²) in [4.78, 5) is 4.58. The van der Waals surface area contributed by atoms with Crippen LogP contribution in [-0.4, -0.2) is 62.2 Å². The second-order valence-electron chi connectivity index (χ2n) is 6.75. The highest BCUT2D eigenvalue weighted by Crippen LogP contribution is 2.35. The normalized spacial score (nSPS) is 17.8. The highest BCUT2D eigenvalue weighted by Gasteiger charge is 2.20. The summed E-state index contributed by atoms with van der Waals surface area (Å²) in [6.45, 7) is 4.69. The van der Waals surface area contributed by atoms with Crippen molar-refractivity contribution in [3.8, 4) is 17.2 Å². The lowest BCUT2D eigenvalue weighted by molar-refractivity contribution is 0.0662. The van der Waals surface area contributed by atoms with Gasteiger partial charge in [-0.25, -0.2) is 0 Å². The Labute approximate surface area is 163 Å². The van der Waals surface area contributed by atoms with Crippen molar-refractivity contribution in [3.05, 3.63) is 47.5 Å². The van der Waals surface area contributed by atoms with Crippen LogP contribution in [0.2, 0.25) is 5.02 Å². The Morgan fingerprint density at radius 1 is 1.04 bits per heavy atom.